The van der Waals surface area contributed by atoms with Crippen LogP contribution in [0.3, 0.4) is 0 Å². The molecule has 19 heavy (non-hydrogen) atoms. The zero-order valence-electron chi connectivity index (χ0n) is 11.4. The molecule has 6 heteroatoms. The molecule has 0 aromatic carbocycles. The van der Waals surface area contributed by atoms with E-state index in [9.17, 15) is 10.1 Å². The molecule has 1 N–H and O–H groups in total. The Morgan fingerprint density at radius 3 is 2.89 bits per heavy atom. The fourth-order valence-corrected chi connectivity index (χ4v) is 2.19. The van der Waals surface area contributed by atoms with Gasteiger partial charge in [-0.3, -0.25) is 15.0 Å². The van der Waals surface area contributed by atoms with E-state index in [0.29, 0.717) is 18.4 Å². The summed E-state index contributed by atoms with van der Waals surface area (Å²) in [5.74, 6) is 0.363. The third-order valence-corrected chi connectivity index (χ3v) is 3.36. The molecule has 0 radical (unpaired) electrons. The molecule has 0 unspecified atom stereocenters. The van der Waals surface area contributed by atoms with Gasteiger partial charge in [-0.1, -0.05) is 6.92 Å². The zero-order chi connectivity index (χ0) is 13.8. The molecule has 0 saturated heterocycles. The van der Waals surface area contributed by atoms with Crippen molar-refractivity contribution in [1.29, 1.82) is 0 Å². The molecular formula is C13H20N4O2. The standard InChI is InChI=1S/C13H20N4O2/c1-3-16(11-4-5-11)7-6-14-13-12(17(18)19)8-10(2)9-15-13/h8-9,11H,3-7H2,1-2H3,(H,14,15). The van der Waals surface area contributed by atoms with E-state index >= 15 is 0 Å². The van der Waals surface area contributed by atoms with Crippen LogP contribution in [0, 0.1) is 17.0 Å². The molecule has 0 atom stereocenters. The van der Waals surface area contributed by atoms with Gasteiger partial charge < -0.3 is 5.32 Å². The van der Waals surface area contributed by atoms with Gasteiger partial charge in [-0.15, -0.1) is 0 Å². The van der Waals surface area contributed by atoms with Gasteiger partial charge in [-0.2, -0.15) is 0 Å². The minimum atomic E-state index is -0.388. The van der Waals surface area contributed by atoms with E-state index in [1.165, 1.54) is 12.8 Å². The second-order valence-electron chi connectivity index (χ2n) is 4.92. The second-order valence-corrected chi connectivity index (χ2v) is 4.92. The first-order valence-electron chi connectivity index (χ1n) is 6.70. The van der Waals surface area contributed by atoms with Crippen molar-refractivity contribution in [3.8, 4) is 0 Å². The number of rotatable bonds is 7. The largest absolute Gasteiger partial charge is 0.363 e. The van der Waals surface area contributed by atoms with Crippen LogP contribution in [0.5, 0.6) is 0 Å². The lowest BCUT2D eigenvalue weighted by Gasteiger charge is -2.19. The Labute approximate surface area is 113 Å². The maximum absolute atomic E-state index is 11.0. The monoisotopic (exact) mass is 264 g/mol. The fraction of sp³-hybridized carbons (Fsp3) is 0.615. The fourth-order valence-electron chi connectivity index (χ4n) is 2.19. The maximum Gasteiger partial charge on any atom is 0.311 e. The van der Waals surface area contributed by atoms with Crippen LogP contribution >= 0.6 is 0 Å². The molecule has 1 aromatic rings. The number of likely N-dealkylation sites (N-methyl/N-ethyl adjacent to an activating group) is 1. The summed E-state index contributed by atoms with van der Waals surface area (Å²) < 4.78 is 0. The molecule has 104 valence electrons. The van der Waals surface area contributed by atoms with Gasteiger partial charge in [0.05, 0.1) is 4.92 Å². The van der Waals surface area contributed by atoms with Gasteiger partial charge in [-0.05, 0) is 31.9 Å². The molecule has 1 aliphatic carbocycles. The molecule has 0 aliphatic heterocycles. The van der Waals surface area contributed by atoms with Crippen LogP contribution in [0.25, 0.3) is 0 Å². The highest BCUT2D eigenvalue weighted by Gasteiger charge is 2.27. The molecule has 0 bridgehead atoms. The Morgan fingerprint density at radius 2 is 2.32 bits per heavy atom. The molecule has 0 spiro atoms. The Hall–Kier alpha value is -1.69. The number of anilines is 1. The molecule has 0 amide bonds. The number of nitrogens with zero attached hydrogens (tertiary/aromatic N) is 3. The van der Waals surface area contributed by atoms with E-state index < -0.39 is 0 Å². The van der Waals surface area contributed by atoms with E-state index in [1.807, 2.05) is 0 Å². The molecular weight excluding hydrogens is 244 g/mol. The third-order valence-electron chi connectivity index (χ3n) is 3.36. The number of nitro groups is 1. The van der Waals surface area contributed by atoms with Crippen molar-refractivity contribution in [2.24, 2.45) is 0 Å². The summed E-state index contributed by atoms with van der Waals surface area (Å²) in [6.07, 6.45) is 4.20. The second kappa shape index (κ2) is 5.97. The van der Waals surface area contributed by atoms with Crippen molar-refractivity contribution < 1.29 is 4.92 Å². The van der Waals surface area contributed by atoms with Crippen molar-refractivity contribution in [3.63, 3.8) is 0 Å². The minimum absolute atomic E-state index is 0.0504. The average molecular weight is 264 g/mol. The predicted octanol–water partition coefficient (Wildman–Crippen LogP) is 2.19. The molecule has 1 heterocycles. The normalized spacial score (nSPS) is 14.7. The number of pyridine rings is 1. The van der Waals surface area contributed by atoms with E-state index in [4.69, 9.17) is 0 Å². The van der Waals surface area contributed by atoms with E-state index in [-0.39, 0.29) is 10.6 Å². The van der Waals surface area contributed by atoms with Gasteiger partial charge >= 0.3 is 5.69 Å². The highest BCUT2D eigenvalue weighted by atomic mass is 16.6. The quantitative estimate of drug-likeness (QED) is 0.604. The number of hydrogen-bond donors (Lipinski definition) is 1. The topological polar surface area (TPSA) is 71.3 Å². The summed E-state index contributed by atoms with van der Waals surface area (Å²) in [5.41, 5.74) is 0.847. The van der Waals surface area contributed by atoms with Crippen molar-refractivity contribution >= 4 is 11.5 Å². The van der Waals surface area contributed by atoms with Gasteiger partial charge in [-0.25, -0.2) is 4.98 Å². The van der Waals surface area contributed by atoms with Gasteiger partial charge in [0.2, 0.25) is 5.82 Å². The van der Waals surface area contributed by atoms with Crippen molar-refractivity contribution in [2.45, 2.75) is 32.7 Å². The predicted molar refractivity (Wildman–Crippen MR) is 74.4 cm³/mol. The molecule has 1 aliphatic rings. The number of aromatic nitrogens is 1. The van der Waals surface area contributed by atoms with Crippen LogP contribution in [0.15, 0.2) is 12.3 Å². The smallest absolute Gasteiger partial charge is 0.311 e. The van der Waals surface area contributed by atoms with Crippen LogP contribution < -0.4 is 5.32 Å². The average Bonchev–Trinajstić information content (AvgIpc) is 3.20. The number of nitrogens with one attached hydrogen (secondary N) is 1. The number of aryl methyl sites for hydroxylation is 1. The molecule has 1 aromatic heterocycles. The third kappa shape index (κ3) is 3.64. The van der Waals surface area contributed by atoms with Gasteiger partial charge in [0.15, 0.2) is 0 Å². The van der Waals surface area contributed by atoms with E-state index in [0.717, 1.165) is 18.7 Å². The Kier molecular flexibility index (Phi) is 4.31. The highest BCUT2D eigenvalue weighted by molar-refractivity contribution is 5.56. The van der Waals surface area contributed by atoms with Crippen LogP contribution in [0.1, 0.15) is 25.3 Å². The SMILES string of the molecule is CCN(CCNc1ncc(C)cc1[N+](=O)[O-])C1CC1. The lowest BCUT2D eigenvalue weighted by atomic mass is 10.3. The van der Waals surface area contributed by atoms with Crippen molar-refractivity contribution in [3.05, 3.63) is 27.9 Å². The Morgan fingerprint density at radius 1 is 1.58 bits per heavy atom. The summed E-state index contributed by atoms with van der Waals surface area (Å²) >= 11 is 0. The van der Waals surface area contributed by atoms with Gasteiger partial charge in [0.25, 0.3) is 0 Å². The first-order chi connectivity index (χ1) is 9.11. The first kappa shape index (κ1) is 13.7. The lowest BCUT2D eigenvalue weighted by molar-refractivity contribution is -0.384. The summed E-state index contributed by atoms with van der Waals surface area (Å²) in [6.45, 7) is 6.55. The Balaban J connectivity index is 1.93. The van der Waals surface area contributed by atoms with Crippen LogP contribution in [0.4, 0.5) is 11.5 Å². The van der Waals surface area contributed by atoms with Crippen molar-refractivity contribution in [2.75, 3.05) is 25.0 Å². The zero-order valence-corrected chi connectivity index (χ0v) is 11.4. The molecule has 1 fully saturated rings. The summed E-state index contributed by atoms with van der Waals surface area (Å²) in [5, 5.41) is 14.0. The minimum Gasteiger partial charge on any atom is -0.363 e. The maximum atomic E-state index is 11.0. The summed E-state index contributed by atoms with van der Waals surface area (Å²) in [7, 11) is 0. The number of hydrogen-bond acceptors (Lipinski definition) is 5. The van der Waals surface area contributed by atoms with Crippen LogP contribution in [-0.2, 0) is 0 Å². The highest BCUT2D eigenvalue weighted by Crippen LogP contribution is 2.26. The molecule has 1 saturated carbocycles. The van der Waals surface area contributed by atoms with Crippen molar-refractivity contribution in [1.82, 2.24) is 9.88 Å². The summed E-state index contributed by atoms with van der Waals surface area (Å²) in [6, 6.07) is 2.26. The van der Waals surface area contributed by atoms with Gasteiger partial charge in [0.1, 0.15) is 0 Å². The van der Waals surface area contributed by atoms with Gasteiger partial charge in [0, 0.05) is 31.4 Å². The van der Waals surface area contributed by atoms with Crippen LogP contribution in [0.2, 0.25) is 0 Å². The molecule has 6 nitrogen and oxygen atoms in total. The van der Waals surface area contributed by atoms with Crippen LogP contribution in [-0.4, -0.2) is 40.5 Å². The van der Waals surface area contributed by atoms with E-state index in [1.54, 1.807) is 19.2 Å². The lowest BCUT2D eigenvalue weighted by Crippen LogP contribution is -2.31. The summed E-state index contributed by atoms with van der Waals surface area (Å²) in [4.78, 5) is 17.1. The Bertz CT molecular complexity index is 460. The molecule has 2 rings (SSSR count). The first-order valence-corrected chi connectivity index (χ1v) is 6.70. The van der Waals surface area contributed by atoms with E-state index in [2.05, 4.69) is 22.1 Å².